The Kier molecular flexibility index (Phi) is 12.4. The predicted molar refractivity (Wildman–Crippen MR) is 129 cm³/mol. The zero-order chi connectivity index (χ0) is 29.9. The largest absolute Gasteiger partial charge is 0.471 e. The number of nitrogens with zero attached hydrogens (tertiary/aromatic N) is 2. The van der Waals surface area contributed by atoms with Gasteiger partial charge < -0.3 is 30.9 Å². The Morgan fingerprint density at radius 2 is 1.75 bits per heavy atom. The number of carbonyl (C=O) groups excluding carboxylic acids is 3. The van der Waals surface area contributed by atoms with Crippen LogP contribution in [0.5, 0.6) is 0 Å². The minimum absolute atomic E-state index is 0.0192. The van der Waals surface area contributed by atoms with Crippen molar-refractivity contribution in [3.63, 3.8) is 0 Å². The lowest BCUT2D eigenvalue weighted by atomic mass is 10.2. The summed E-state index contributed by atoms with van der Waals surface area (Å²) in [5, 5.41) is 25.5. The van der Waals surface area contributed by atoms with Crippen LogP contribution < -0.4 is 27.2 Å². The number of H-pyrrole nitrogens is 1. The number of carbonyl (C=O) groups is 3. The Morgan fingerprint density at radius 3 is 2.33 bits per heavy atom. The van der Waals surface area contributed by atoms with Gasteiger partial charge in [-0.15, -0.1) is 0 Å². The molecule has 0 aliphatic carbocycles. The van der Waals surface area contributed by atoms with Gasteiger partial charge in [0.15, 0.2) is 6.67 Å². The number of ether oxygens (including phenoxy) is 1. The third-order valence-electron chi connectivity index (χ3n) is 5.67. The van der Waals surface area contributed by atoms with Crippen molar-refractivity contribution in [2.75, 3.05) is 52.6 Å². The van der Waals surface area contributed by atoms with E-state index in [1.54, 1.807) is 5.32 Å². The molecule has 6 N–H and O–H groups in total. The second kappa shape index (κ2) is 15.2. The summed E-state index contributed by atoms with van der Waals surface area (Å²) in [7, 11) is 0. The smallest absolute Gasteiger partial charge is 0.394 e. The van der Waals surface area contributed by atoms with Crippen molar-refractivity contribution in [2.45, 2.75) is 31.0 Å². The van der Waals surface area contributed by atoms with Crippen molar-refractivity contribution in [3.8, 4) is 0 Å². The van der Waals surface area contributed by atoms with Gasteiger partial charge in [-0.05, 0) is 6.08 Å². The molecule has 1 aliphatic rings. The van der Waals surface area contributed by atoms with Crippen LogP contribution in [0.2, 0.25) is 0 Å². The van der Waals surface area contributed by atoms with E-state index in [1.807, 2.05) is 0 Å². The summed E-state index contributed by atoms with van der Waals surface area (Å²) in [5.74, 6) is -3.67. The van der Waals surface area contributed by atoms with Crippen molar-refractivity contribution < 1.29 is 46.9 Å². The minimum atomic E-state index is -5.05. The molecule has 1 aromatic heterocycles. The van der Waals surface area contributed by atoms with Crippen LogP contribution in [0.15, 0.2) is 21.9 Å². The molecule has 0 radical (unpaired) electrons. The Hall–Kier alpha value is -3.61. The Morgan fingerprint density at radius 1 is 1.12 bits per heavy atom. The highest BCUT2D eigenvalue weighted by atomic mass is 19.4. The normalized spacial score (nSPS) is 19.2. The number of alkyl halides is 4. The summed E-state index contributed by atoms with van der Waals surface area (Å²) in [6.45, 7) is -2.11. The summed E-state index contributed by atoms with van der Waals surface area (Å²) >= 11 is 0. The van der Waals surface area contributed by atoms with Gasteiger partial charge in [-0.2, -0.15) is 13.2 Å². The monoisotopic (exact) mass is 582 g/mol. The molecule has 2 rings (SSSR count). The van der Waals surface area contributed by atoms with Crippen molar-refractivity contribution in [1.82, 2.24) is 30.4 Å². The summed E-state index contributed by atoms with van der Waals surface area (Å²) in [4.78, 5) is 62.2. The average molecular weight is 583 g/mol. The average Bonchev–Trinajstić information content (AvgIpc) is 3.27. The van der Waals surface area contributed by atoms with Crippen LogP contribution in [0.1, 0.15) is 18.2 Å². The van der Waals surface area contributed by atoms with Gasteiger partial charge in [0.05, 0.1) is 18.3 Å². The van der Waals surface area contributed by atoms with E-state index in [0.29, 0.717) is 0 Å². The van der Waals surface area contributed by atoms with Crippen LogP contribution in [0, 0.1) is 0 Å². The first kappa shape index (κ1) is 32.6. The van der Waals surface area contributed by atoms with E-state index < -0.39 is 66.9 Å². The maximum absolute atomic E-state index is 12.4. The van der Waals surface area contributed by atoms with E-state index in [4.69, 9.17) is 4.74 Å². The molecule has 14 nitrogen and oxygen atoms in total. The lowest BCUT2D eigenvalue weighted by molar-refractivity contribution is -0.173. The molecule has 224 valence electrons. The van der Waals surface area contributed by atoms with Gasteiger partial charge in [0, 0.05) is 58.0 Å². The van der Waals surface area contributed by atoms with Gasteiger partial charge in [-0.3, -0.25) is 33.6 Å². The molecule has 1 saturated heterocycles. The Bertz CT molecular complexity index is 1170. The maximum Gasteiger partial charge on any atom is 0.471 e. The summed E-state index contributed by atoms with van der Waals surface area (Å²) in [6, 6.07) is 0. The molecule has 0 aromatic carbocycles. The summed E-state index contributed by atoms with van der Waals surface area (Å²) in [6.07, 6.45) is -4.72. The maximum atomic E-state index is 12.4. The topological polar surface area (TPSA) is 195 Å². The number of aliphatic hydroxyl groups is 2. The third-order valence-corrected chi connectivity index (χ3v) is 5.67. The van der Waals surface area contributed by atoms with Gasteiger partial charge in [-0.25, -0.2) is 9.18 Å². The van der Waals surface area contributed by atoms with Crippen LogP contribution in [0.3, 0.4) is 0 Å². The van der Waals surface area contributed by atoms with Crippen LogP contribution in [-0.4, -0.2) is 113 Å². The van der Waals surface area contributed by atoms with Crippen LogP contribution in [0.25, 0.3) is 6.08 Å². The molecule has 18 heteroatoms. The van der Waals surface area contributed by atoms with Gasteiger partial charge in [0.25, 0.3) is 11.5 Å². The molecule has 0 saturated carbocycles. The second-order valence-corrected chi connectivity index (χ2v) is 8.57. The van der Waals surface area contributed by atoms with E-state index in [1.165, 1.54) is 4.90 Å². The number of amides is 3. The van der Waals surface area contributed by atoms with Crippen molar-refractivity contribution >= 4 is 23.8 Å². The summed E-state index contributed by atoms with van der Waals surface area (Å²) in [5.41, 5.74) is -1.72. The standard InChI is InChI=1S/C22H30F4N6O8/c23-10-17(36)28-4-7-31(8-5-29-20(38)22(24,25)26)6-3-27-16(35)2-1-13-11-32(21(39)30-19(13)37)18-9-14(34)15(12-33)40-18/h1-2,11,14-15,18,33-34H,3-10,12H2,(H,27,35)(H,28,36)(H,29,38)(H,30,37,39)/b2-1+. The number of nitrogens with one attached hydrogen (secondary N) is 4. The fraction of sp³-hybridized carbons (Fsp3) is 0.591. The summed E-state index contributed by atoms with van der Waals surface area (Å²) < 4.78 is 55.8. The molecule has 2 heterocycles. The first-order valence-electron chi connectivity index (χ1n) is 12.0. The van der Waals surface area contributed by atoms with Gasteiger partial charge >= 0.3 is 17.8 Å². The molecule has 40 heavy (non-hydrogen) atoms. The molecule has 0 bridgehead atoms. The molecule has 0 spiro atoms. The molecule has 1 aromatic rings. The quantitative estimate of drug-likeness (QED) is 0.101. The lowest BCUT2D eigenvalue weighted by Crippen LogP contribution is -2.45. The number of halogens is 4. The van der Waals surface area contributed by atoms with Crippen LogP contribution in [-0.2, 0) is 19.1 Å². The zero-order valence-corrected chi connectivity index (χ0v) is 21.1. The number of rotatable bonds is 14. The van der Waals surface area contributed by atoms with Crippen LogP contribution >= 0.6 is 0 Å². The molecule has 1 fully saturated rings. The molecule has 3 unspecified atom stereocenters. The van der Waals surface area contributed by atoms with Gasteiger partial charge in [0.2, 0.25) is 5.91 Å². The number of hydrogen-bond acceptors (Lipinski definition) is 9. The van der Waals surface area contributed by atoms with Crippen molar-refractivity contribution in [3.05, 3.63) is 38.7 Å². The molecular weight excluding hydrogens is 552 g/mol. The second-order valence-electron chi connectivity index (χ2n) is 8.57. The minimum Gasteiger partial charge on any atom is -0.394 e. The van der Waals surface area contributed by atoms with Crippen molar-refractivity contribution in [1.29, 1.82) is 0 Å². The number of hydrogen-bond donors (Lipinski definition) is 6. The van der Waals surface area contributed by atoms with Gasteiger partial charge in [0.1, 0.15) is 12.3 Å². The Labute approximate surface area is 224 Å². The number of aromatic amines is 1. The molecule has 1 aliphatic heterocycles. The fourth-order valence-corrected chi connectivity index (χ4v) is 3.61. The SMILES string of the molecule is O=C(/C=C/c1cn(C2CC(O)C(CO)O2)c(=O)[nH]c1=O)NCCN(CCNC(=O)CF)CCNC(=O)C(F)(F)F. The predicted octanol–water partition coefficient (Wildman–Crippen LogP) is -2.63. The van der Waals surface area contributed by atoms with E-state index in [0.717, 1.165) is 22.9 Å². The van der Waals surface area contributed by atoms with E-state index in [-0.39, 0.29) is 51.3 Å². The first-order chi connectivity index (χ1) is 18.8. The highest BCUT2D eigenvalue weighted by Gasteiger charge is 2.38. The Balaban J connectivity index is 1.94. The van der Waals surface area contributed by atoms with Gasteiger partial charge in [-0.1, -0.05) is 0 Å². The molecule has 3 amide bonds. The lowest BCUT2D eigenvalue weighted by Gasteiger charge is -2.22. The number of aromatic nitrogens is 2. The highest BCUT2D eigenvalue weighted by molar-refractivity contribution is 5.91. The number of aliphatic hydroxyl groups excluding tert-OH is 2. The van der Waals surface area contributed by atoms with E-state index >= 15 is 0 Å². The molecule has 3 atom stereocenters. The van der Waals surface area contributed by atoms with Crippen LogP contribution in [0.4, 0.5) is 17.6 Å². The van der Waals surface area contributed by atoms with Crippen molar-refractivity contribution in [2.24, 2.45) is 0 Å². The third kappa shape index (κ3) is 10.2. The zero-order valence-electron chi connectivity index (χ0n) is 21.1. The van der Waals surface area contributed by atoms with E-state index in [2.05, 4.69) is 15.6 Å². The first-order valence-corrected chi connectivity index (χ1v) is 12.0. The fourth-order valence-electron chi connectivity index (χ4n) is 3.61. The molecular formula is C22H30F4N6O8. The highest BCUT2D eigenvalue weighted by Crippen LogP contribution is 2.27. The van der Waals surface area contributed by atoms with E-state index in [9.17, 15) is 51.7 Å².